The third-order valence-corrected chi connectivity index (χ3v) is 4.32. The Morgan fingerprint density at radius 2 is 2.29 bits per heavy atom. The van der Waals surface area contributed by atoms with Gasteiger partial charge in [0.1, 0.15) is 5.69 Å². The SMILES string of the molecule is NC(=NO)c1ccc(C(=O)NC2CCN3CCCC23)nc1. The number of carbonyl (C=O) groups is 1. The Labute approximate surface area is 122 Å². The molecule has 2 aliphatic rings. The lowest BCUT2D eigenvalue weighted by Crippen LogP contribution is -2.42. The second-order valence-corrected chi connectivity index (χ2v) is 5.53. The molecule has 0 spiro atoms. The van der Waals surface area contributed by atoms with Gasteiger partial charge in [0.25, 0.3) is 5.91 Å². The van der Waals surface area contributed by atoms with Crippen LogP contribution in [0, 0.1) is 0 Å². The number of aromatic nitrogens is 1. The molecule has 2 fully saturated rings. The summed E-state index contributed by atoms with van der Waals surface area (Å²) in [4.78, 5) is 18.8. The van der Waals surface area contributed by atoms with Crippen molar-refractivity contribution in [2.75, 3.05) is 13.1 Å². The minimum Gasteiger partial charge on any atom is -0.409 e. The van der Waals surface area contributed by atoms with Crippen molar-refractivity contribution in [3.8, 4) is 0 Å². The maximum atomic E-state index is 12.2. The van der Waals surface area contributed by atoms with E-state index >= 15 is 0 Å². The number of hydrogen-bond donors (Lipinski definition) is 3. The molecule has 7 heteroatoms. The molecule has 0 bridgehead atoms. The van der Waals surface area contributed by atoms with Gasteiger partial charge in [0.05, 0.1) is 0 Å². The van der Waals surface area contributed by atoms with Gasteiger partial charge in [-0.1, -0.05) is 5.16 Å². The highest BCUT2D eigenvalue weighted by atomic mass is 16.4. The molecule has 0 aromatic carbocycles. The molecule has 0 aliphatic carbocycles. The summed E-state index contributed by atoms with van der Waals surface area (Å²) >= 11 is 0. The van der Waals surface area contributed by atoms with E-state index in [-0.39, 0.29) is 17.8 Å². The largest absolute Gasteiger partial charge is 0.409 e. The van der Waals surface area contributed by atoms with Crippen molar-refractivity contribution in [3.05, 3.63) is 29.6 Å². The van der Waals surface area contributed by atoms with Crippen LogP contribution in [-0.2, 0) is 0 Å². The Bertz CT molecular complexity index is 557. The monoisotopic (exact) mass is 289 g/mol. The summed E-state index contributed by atoms with van der Waals surface area (Å²) in [6.07, 6.45) is 4.80. The lowest BCUT2D eigenvalue weighted by Gasteiger charge is -2.21. The molecule has 0 radical (unpaired) electrons. The zero-order valence-corrected chi connectivity index (χ0v) is 11.7. The van der Waals surface area contributed by atoms with Crippen LogP contribution in [0.5, 0.6) is 0 Å². The second kappa shape index (κ2) is 5.69. The van der Waals surface area contributed by atoms with Crippen LogP contribution in [0.25, 0.3) is 0 Å². The molecular formula is C14H19N5O2. The van der Waals surface area contributed by atoms with Gasteiger partial charge in [0, 0.05) is 30.4 Å². The Morgan fingerprint density at radius 3 is 3.00 bits per heavy atom. The predicted molar refractivity (Wildman–Crippen MR) is 77.2 cm³/mol. The number of nitrogens with one attached hydrogen (secondary N) is 1. The number of amidine groups is 1. The van der Waals surface area contributed by atoms with Crippen LogP contribution in [-0.4, -0.2) is 52.0 Å². The fourth-order valence-electron chi connectivity index (χ4n) is 3.23. The van der Waals surface area contributed by atoms with Crippen LogP contribution in [0.15, 0.2) is 23.5 Å². The van der Waals surface area contributed by atoms with Gasteiger partial charge >= 0.3 is 0 Å². The molecule has 2 atom stereocenters. The first-order chi connectivity index (χ1) is 10.2. The topological polar surface area (TPSA) is 104 Å². The number of carbonyl (C=O) groups excluding carboxylic acids is 1. The molecular weight excluding hydrogens is 270 g/mol. The lowest BCUT2D eigenvalue weighted by molar-refractivity contribution is 0.0924. The van der Waals surface area contributed by atoms with Gasteiger partial charge in [-0.25, -0.2) is 0 Å². The van der Waals surface area contributed by atoms with E-state index in [2.05, 4.69) is 20.4 Å². The van der Waals surface area contributed by atoms with Crippen molar-refractivity contribution in [2.45, 2.75) is 31.3 Å². The first-order valence-corrected chi connectivity index (χ1v) is 7.18. The highest BCUT2D eigenvalue weighted by Gasteiger charge is 2.37. The van der Waals surface area contributed by atoms with E-state index in [0.29, 0.717) is 17.3 Å². The summed E-state index contributed by atoms with van der Waals surface area (Å²) in [7, 11) is 0. The molecule has 2 aliphatic heterocycles. The average Bonchev–Trinajstić information content (AvgIpc) is 3.11. The molecule has 1 amide bonds. The van der Waals surface area contributed by atoms with E-state index in [4.69, 9.17) is 10.9 Å². The zero-order valence-electron chi connectivity index (χ0n) is 11.7. The van der Waals surface area contributed by atoms with Crippen LogP contribution in [0.4, 0.5) is 0 Å². The van der Waals surface area contributed by atoms with Gasteiger partial charge in [-0.05, 0) is 37.9 Å². The average molecular weight is 289 g/mol. The quantitative estimate of drug-likeness (QED) is 0.318. The number of nitrogens with zero attached hydrogens (tertiary/aromatic N) is 3. The minimum atomic E-state index is -0.167. The van der Waals surface area contributed by atoms with Gasteiger partial charge in [-0.15, -0.1) is 0 Å². The van der Waals surface area contributed by atoms with Gasteiger partial charge in [0.2, 0.25) is 0 Å². The number of pyridine rings is 1. The van der Waals surface area contributed by atoms with E-state index < -0.39 is 0 Å². The van der Waals surface area contributed by atoms with Gasteiger partial charge in [0.15, 0.2) is 5.84 Å². The Hall–Kier alpha value is -2.15. The maximum Gasteiger partial charge on any atom is 0.270 e. The summed E-state index contributed by atoms with van der Waals surface area (Å²) in [6, 6.07) is 3.90. The van der Waals surface area contributed by atoms with E-state index in [0.717, 1.165) is 25.9 Å². The van der Waals surface area contributed by atoms with Crippen molar-refractivity contribution < 1.29 is 10.0 Å². The standard InChI is InChI=1S/C14H19N5O2/c15-13(18-21)9-3-4-11(16-8-9)14(20)17-10-5-7-19-6-1-2-12(10)19/h3-4,8,10,12,21H,1-2,5-7H2,(H2,15,18)(H,17,20). The summed E-state index contributed by atoms with van der Waals surface area (Å²) in [5.41, 5.74) is 6.30. The van der Waals surface area contributed by atoms with Crippen molar-refractivity contribution in [3.63, 3.8) is 0 Å². The van der Waals surface area contributed by atoms with Crippen molar-refractivity contribution in [2.24, 2.45) is 10.9 Å². The Morgan fingerprint density at radius 1 is 1.43 bits per heavy atom. The highest BCUT2D eigenvalue weighted by molar-refractivity contribution is 5.98. The number of nitrogens with two attached hydrogens (primary N) is 1. The summed E-state index contributed by atoms with van der Waals surface area (Å²) in [5.74, 6) is -0.188. The smallest absolute Gasteiger partial charge is 0.270 e. The number of fused-ring (bicyclic) bond motifs is 1. The van der Waals surface area contributed by atoms with E-state index in [9.17, 15) is 4.79 Å². The van der Waals surface area contributed by atoms with Gasteiger partial charge in [-0.2, -0.15) is 0 Å². The molecule has 1 aromatic heterocycles. The highest BCUT2D eigenvalue weighted by Crippen LogP contribution is 2.27. The van der Waals surface area contributed by atoms with E-state index in [1.54, 1.807) is 12.1 Å². The molecule has 3 rings (SSSR count). The number of hydrogen-bond acceptors (Lipinski definition) is 5. The molecule has 7 nitrogen and oxygen atoms in total. The molecule has 4 N–H and O–H groups in total. The van der Waals surface area contributed by atoms with Crippen LogP contribution in [0.3, 0.4) is 0 Å². The first kappa shape index (κ1) is 13.8. The molecule has 2 saturated heterocycles. The number of amides is 1. The molecule has 0 saturated carbocycles. The molecule has 2 unspecified atom stereocenters. The minimum absolute atomic E-state index is 0.0214. The Kier molecular flexibility index (Phi) is 3.74. The van der Waals surface area contributed by atoms with Gasteiger partial charge in [-0.3, -0.25) is 14.7 Å². The third-order valence-electron chi connectivity index (χ3n) is 4.32. The van der Waals surface area contributed by atoms with Gasteiger partial charge < -0.3 is 16.3 Å². The first-order valence-electron chi connectivity index (χ1n) is 7.18. The molecule has 3 heterocycles. The fourth-order valence-corrected chi connectivity index (χ4v) is 3.23. The van der Waals surface area contributed by atoms with Crippen molar-refractivity contribution in [1.82, 2.24) is 15.2 Å². The maximum absolute atomic E-state index is 12.2. The normalized spacial score (nSPS) is 25.8. The Balaban J connectivity index is 1.65. The van der Waals surface area contributed by atoms with E-state index in [1.807, 2.05) is 0 Å². The number of oxime groups is 1. The number of rotatable bonds is 3. The van der Waals surface area contributed by atoms with E-state index in [1.165, 1.54) is 12.6 Å². The van der Waals surface area contributed by atoms with Crippen LogP contribution >= 0.6 is 0 Å². The summed E-state index contributed by atoms with van der Waals surface area (Å²) < 4.78 is 0. The predicted octanol–water partition coefficient (Wildman–Crippen LogP) is 0.143. The van der Waals surface area contributed by atoms with Crippen LogP contribution in [0.1, 0.15) is 35.3 Å². The molecule has 1 aromatic rings. The lowest BCUT2D eigenvalue weighted by atomic mass is 10.1. The molecule has 112 valence electrons. The second-order valence-electron chi connectivity index (χ2n) is 5.53. The summed E-state index contributed by atoms with van der Waals surface area (Å²) in [6.45, 7) is 2.20. The van der Waals surface area contributed by atoms with Crippen molar-refractivity contribution in [1.29, 1.82) is 0 Å². The van der Waals surface area contributed by atoms with Crippen molar-refractivity contribution >= 4 is 11.7 Å². The fraction of sp³-hybridized carbons (Fsp3) is 0.500. The molecule has 21 heavy (non-hydrogen) atoms. The zero-order chi connectivity index (χ0) is 14.8. The third kappa shape index (κ3) is 2.69. The van der Waals surface area contributed by atoms with Crippen LogP contribution in [0.2, 0.25) is 0 Å². The summed E-state index contributed by atoms with van der Waals surface area (Å²) in [5, 5.41) is 14.6. The van der Waals surface area contributed by atoms with Crippen LogP contribution < -0.4 is 11.1 Å².